The van der Waals surface area contributed by atoms with Crippen molar-refractivity contribution in [2.45, 2.75) is 11.7 Å². The van der Waals surface area contributed by atoms with Gasteiger partial charge in [0, 0.05) is 18.8 Å². The van der Waals surface area contributed by atoms with Crippen molar-refractivity contribution in [3.8, 4) is 5.75 Å². The molecule has 0 saturated carbocycles. The molecule has 24 heavy (non-hydrogen) atoms. The molecule has 1 aliphatic heterocycles. The van der Waals surface area contributed by atoms with Crippen LogP contribution in [0.3, 0.4) is 0 Å². The molecule has 1 unspecified atom stereocenters. The largest absolute Gasteiger partial charge is 0.492 e. The fourth-order valence-corrected chi connectivity index (χ4v) is 5.24. The molecule has 1 aromatic heterocycles. The molecule has 3 rings (SSSR count). The Bertz CT molecular complexity index is 716. The van der Waals surface area contributed by atoms with E-state index in [1.807, 2.05) is 42.5 Å². The summed E-state index contributed by atoms with van der Waals surface area (Å²) in [5, 5.41) is 0.223. The third-order valence-corrected chi connectivity index (χ3v) is 7.03. The molecule has 0 amide bonds. The molecule has 0 spiro atoms. The number of furan rings is 1. The Hall–Kier alpha value is -1.44. The summed E-state index contributed by atoms with van der Waals surface area (Å²) in [5.41, 5.74) is 0. The second-order valence-electron chi connectivity index (χ2n) is 5.54. The first-order valence-corrected chi connectivity index (χ1v) is 10.6. The van der Waals surface area contributed by atoms with Crippen LogP contribution in [-0.2, 0) is 10.0 Å². The normalized spacial score (nSPS) is 19.8. The predicted molar refractivity (Wildman–Crippen MR) is 95.8 cm³/mol. The van der Waals surface area contributed by atoms with Gasteiger partial charge < -0.3 is 9.15 Å². The standard InChI is InChI=1S/C17H21NO4S2/c19-24(20,14-12-21-15-5-2-1-3-6-15)18-9-8-17(23-13-10-18)16-7-4-11-22-16/h1-7,11,17H,8-10,12-14H2. The maximum atomic E-state index is 12.5. The fourth-order valence-electron chi connectivity index (χ4n) is 2.64. The third-order valence-electron chi connectivity index (χ3n) is 3.91. The first-order valence-electron chi connectivity index (χ1n) is 7.96. The Kier molecular flexibility index (Phi) is 5.86. The summed E-state index contributed by atoms with van der Waals surface area (Å²) >= 11 is 1.75. The van der Waals surface area contributed by atoms with Crippen LogP contribution in [0.4, 0.5) is 0 Å². The predicted octanol–water partition coefficient (Wildman–Crippen LogP) is 3.17. The molecule has 1 aromatic carbocycles. The van der Waals surface area contributed by atoms with Crippen LogP contribution in [0.25, 0.3) is 0 Å². The van der Waals surface area contributed by atoms with Gasteiger partial charge in [-0.1, -0.05) is 18.2 Å². The zero-order valence-electron chi connectivity index (χ0n) is 13.3. The van der Waals surface area contributed by atoms with E-state index in [0.717, 1.165) is 17.9 Å². The molecule has 0 aliphatic carbocycles. The number of hydrogen-bond donors (Lipinski definition) is 0. The van der Waals surface area contributed by atoms with Crippen LogP contribution in [0.1, 0.15) is 17.4 Å². The lowest BCUT2D eigenvalue weighted by atomic mass is 10.2. The van der Waals surface area contributed by atoms with Crippen LogP contribution in [0.2, 0.25) is 0 Å². The molecule has 7 heteroatoms. The van der Waals surface area contributed by atoms with E-state index in [0.29, 0.717) is 18.8 Å². The summed E-state index contributed by atoms with van der Waals surface area (Å²) in [7, 11) is -3.30. The molecule has 0 N–H and O–H groups in total. The quantitative estimate of drug-likeness (QED) is 0.785. The van der Waals surface area contributed by atoms with E-state index in [1.54, 1.807) is 22.3 Å². The zero-order valence-corrected chi connectivity index (χ0v) is 15.0. The summed E-state index contributed by atoms with van der Waals surface area (Å²) < 4.78 is 37.6. The third kappa shape index (κ3) is 4.55. The number of para-hydroxylation sites is 1. The highest BCUT2D eigenvalue weighted by atomic mass is 32.2. The van der Waals surface area contributed by atoms with Crippen LogP contribution < -0.4 is 4.74 Å². The summed E-state index contributed by atoms with van der Waals surface area (Å²) in [5.74, 6) is 2.38. The van der Waals surface area contributed by atoms with Gasteiger partial charge in [-0.05, 0) is 30.7 Å². The van der Waals surface area contributed by atoms with Crippen molar-refractivity contribution in [2.24, 2.45) is 0 Å². The summed E-state index contributed by atoms with van der Waals surface area (Å²) in [6.07, 6.45) is 2.42. The molecule has 2 heterocycles. The second-order valence-corrected chi connectivity index (χ2v) is 8.94. The van der Waals surface area contributed by atoms with Crippen molar-refractivity contribution in [3.05, 3.63) is 54.5 Å². The van der Waals surface area contributed by atoms with Gasteiger partial charge in [-0.25, -0.2) is 12.7 Å². The Labute approximate surface area is 147 Å². The van der Waals surface area contributed by atoms with Crippen LogP contribution in [0, 0.1) is 0 Å². The maximum Gasteiger partial charge on any atom is 0.217 e. The molecular formula is C17H21NO4S2. The van der Waals surface area contributed by atoms with Crippen molar-refractivity contribution in [2.75, 3.05) is 31.2 Å². The monoisotopic (exact) mass is 367 g/mol. The number of sulfonamides is 1. The number of benzene rings is 1. The van der Waals surface area contributed by atoms with Gasteiger partial charge in [0.2, 0.25) is 10.0 Å². The van der Waals surface area contributed by atoms with E-state index in [2.05, 4.69) is 0 Å². The smallest absolute Gasteiger partial charge is 0.217 e. The van der Waals surface area contributed by atoms with Gasteiger partial charge in [-0.15, -0.1) is 11.8 Å². The van der Waals surface area contributed by atoms with Gasteiger partial charge in [0.05, 0.1) is 17.3 Å². The highest BCUT2D eigenvalue weighted by Gasteiger charge is 2.27. The van der Waals surface area contributed by atoms with Crippen molar-refractivity contribution >= 4 is 21.8 Å². The minimum Gasteiger partial charge on any atom is -0.492 e. The number of nitrogens with zero attached hydrogens (tertiary/aromatic N) is 1. The first-order chi connectivity index (χ1) is 11.6. The molecule has 0 radical (unpaired) electrons. The second kappa shape index (κ2) is 8.09. The van der Waals surface area contributed by atoms with Gasteiger partial charge in [-0.3, -0.25) is 0 Å². The lowest BCUT2D eigenvalue weighted by Crippen LogP contribution is -2.36. The number of hydrogen-bond acceptors (Lipinski definition) is 5. The highest BCUT2D eigenvalue weighted by molar-refractivity contribution is 7.99. The van der Waals surface area contributed by atoms with Crippen LogP contribution in [0.15, 0.2) is 53.1 Å². The molecule has 1 atom stereocenters. The van der Waals surface area contributed by atoms with Gasteiger partial charge in [0.25, 0.3) is 0 Å². The van der Waals surface area contributed by atoms with E-state index in [4.69, 9.17) is 9.15 Å². The average molecular weight is 367 g/mol. The summed E-state index contributed by atoms with van der Waals surface area (Å²) in [6, 6.07) is 13.1. The maximum absolute atomic E-state index is 12.5. The molecule has 130 valence electrons. The molecular weight excluding hydrogens is 346 g/mol. The van der Waals surface area contributed by atoms with Crippen molar-refractivity contribution in [1.29, 1.82) is 0 Å². The van der Waals surface area contributed by atoms with E-state index >= 15 is 0 Å². The van der Waals surface area contributed by atoms with Gasteiger partial charge in [0.15, 0.2) is 0 Å². The number of thioether (sulfide) groups is 1. The van der Waals surface area contributed by atoms with Gasteiger partial charge >= 0.3 is 0 Å². The average Bonchev–Trinajstić information content (AvgIpc) is 2.99. The SMILES string of the molecule is O=S(=O)(CCOc1ccccc1)N1CCSC(c2ccco2)CC1. The van der Waals surface area contributed by atoms with Gasteiger partial charge in [-0.2, -0.15) is 0 Å². The zero-order chi connectivity index (χ0) is 16.8. The van der Waals surface area contributed by atoms with E-state index in [1.165, 1.54) is 0 Å². The lowest BCUT2D eigenvalue weighted by molar-refractivity contribution is 0.334. The Morgan fingerprint density at radius 1 is 1.17 bits per heavy atom. The van der Waals surface area contributed by atoms with Gasteiger partial charge in [0.1, 0.15) is 18.1 Å². The fraction of sp³-hybridized carbons (Fsp3) is 0.412. The van der Waals surface area contributed by atoms with Crippen LogP contribution in [-0.4, -0.2) is 43.9 Å². The summed E-state index contributed by atoms with van der Waals surface area (Å²) in [6.45, 7) is 1.22. The molecule has 1 fully saturated rings. The summed E-state index contributed by atoms with van der Waals surface area (Å²) in [4.78, 5) is 0. The minimum absolute atomic E-state index is 0.00200. The molecule has 1 aliphatic rings. The van der Waals surface area contributed by atoms with Crippen molar-refractivity contribution < 1.29 is 17.6 Å². The van der Waals surface area contributed by atoms with E-state index < -0.39 is 10.0 Å². The van der Waals surface area contributed by atoms with Crippen LogP contribution >= 0.6 is 11.8 Å². The molecule has 1 saturated heterocycles. The van der Waals surface area contributed by atoms with E-state index in [9.17, 15) is 8.42 Å². The molecule has 2 aromatic rings. The van der Waals surface area contributed by atoms with Crippen molar-refractivity contribution in [3.63, 3.8) is 0 Å². The highest BCUT2D eigenvalue weighted by Crippen LogP contribution is 2.35. The number of rotatable bonds is 6. The first kappa shape index (κ1) is 17.4. The lowest BCUT2D eigenvalue weighted by Gasteiger charge is -2.19. The topological polar surface area (TPSA) is 59.8 Å². The molecule has 5 nitrogen and oxygen atoms in total. The Morgan fingerprint density at radius 2 is 2.00 bits per heavy atom. The molecule has 0 bridgehead atoms. The number of ether oxygens (including phenoxy) is 1. The van der Waals surface area contributed by atoms with Crippen LogP contribution in [0.5, 0.6) is 5.75 Å². The Morgan fingerprint density at radius 3 is 2.75 bits per heavy atom. The van der Waals surface area contributed by atoms with Crippen molar-refractivity contribution in [1.82, 2.24) is 4.31 Å². The Balaban J connectivity index is 1.52. The van der Waals surface area contributed by atoms with E-state index in [-0.39, 0.29) is 17.6 Å². The minimum atomic E-state index is -3.30.